The highest BCUT2D eigenvalue weighted by molar-refractivity contribution is 9.10. The lowest BCUT2D eigenvalue weighted by Crippen LogP contribution is -2.41. The number of amides is 1. The highest BCUT2D eigenvalue weighted by atomic mass is 79.9. The van der Waals surface area contributed by atoms with E-state index in [0.717, 1.165) is 10.0 Å². The molecule has 100 valence electrons. The molecule has 1 rings (SSSR count). The Morgan fingerprint density at radius 1 is 1.44 bits per heavy atom. The summed E-state index contributed by atoms with van der Waals surface area (Å²) in [6, 6.07) is 5.62. The zero-order valence-electron chi connectivity index (χ0n) is 11.3. The second kappa shape index (κ2) is 6.90. The van der Waals surface area contributed by atoms with E-state index in [1.54, 1.807) is 7.11 Å². The van der Waals surface area contributed by atoms with Gasteiger partial charge in [0.25, 0.3) is 5.91 Å². The zero-order chi connectivity index (χ0) is 13.7. The number of ether oxygens (including phenoxy) is 1. The van der Waals surface area contributed by atoms with Crippen LogP contribution in [0, 0.1) is 12.8 Å². The monoisotopic (exact) mass is 313 g/mol. The van der Waals surface area contributed by atoms with E-state index in [9.17, 15) is 4.79 Å². The molecule has 18 heavy (non-hydrogen) atoms. The van der Waals surface area contributed by atoms with Gasteiger partial charge < -0.3 is 10.1 Å². The first-order chi connectivity index (χ1) is 8.45. The summed E-state index contributed by atoms with van der Waals surface area (Å²) < 4.78 is 6.13. The molecule has 0 aromatic heterocycles. The average Bonchev–Trinajstić information content (AvgIpc) is 2.31. The third-order valence-corrected chi connectivity index (χ3v) is 3.78. The van der Waals surface area contributed by atoms with Crippen LogP contribution in [0.2, 0.25) is 0 Å². The minimum absolute atomic E-state index is 0.0338. The van der Waals surface area contributed by atoms with Crippen LogP contribution in [-0.4, -0.2) is 25.7 Å². The van der Waals surface area contributed by atoms with E-state index in [1.807, 2.05) is 25.1 Å². The molecule has 3 nitrogen and oxygen atoms in total. The van der Waals surface area contributed by atoms with Gasteiger partial charge in [0.1, 0.15) is 0 Å². The van der Waals surface area contributed by atoms with Crippen molar-refractivity contribution in [3.63, 3.8) is 0 Å². The van der Waals surface area contributed by atoms with Gasteiger partial charge in [-0.3, -0.25) is 4.79 Å². The van der Waals surface area contributed by atoms with E-state index >= 15 is 0 Å². The van der Waals surface area contributed by atoms with E-state index in [2.05, 4.69) is 35.1 Å². The SMILES string of the molecule is COCC(NC(=O)c1ccc(Br)c(C)c1)C(C)C. The zero-order valence-corrected chi connectivity index (χ0v) is 12.9. The van der Waals surface area contributed by atoms with Crippen LogP contribution in [0.25, 0.3) is 0 Å². The number of nitrogens with one attached hydrogen (secondary N) is 1. The van der Waals surface area contributed by atoms with Crippen LogP contribution >= 0.6 is 15.9 Å². The summed E-state index contributed by atoms with van der Waals surface area (Å²) in [5.41, 5.74) is 1.73. The van der Waals surface area contributed by atoms with Crippen molar-refractivity contribution in [2.45, 2.75) is 26.8 Å². The summed E-state index contributed by atoms with van der Waals surface area (Å²) in [7, 11) is 1.64. The van der Waals surface area contributed by atoms with Gasteiger partial charge in [-0.1, -0.05) is 29.8 Å². The van der Waals surface area contributed by atoms with Crippen molar-refractivity contribution in [3.05, 3.63) is 33.8 Å². The van der Waals surface area contributed by atoms with E-state index in [0.29, 0.717) is 18.1 Å². The maximum absolute atomic E-state index is 12.1. The molecule has 0 radical (unpaired) electrons. The fraction of sp³-hybridized carbons (Fsp3) is 0.500. The van der Waals surface area contributed by atoms with E-state index in [4.69, 9.17) is 4.74 Å². The standard InChI is InChI=1S/C14H20BrNO2/c1-9(2)13(8-18-4)16-14(17)11-5-6-12(15)10(3)7-11/h5-7,9,13H,8H2,1-4H3,(H,16,17). The topological polar surface area (TPSA) is 38.3 Å². The Kier molecular flexibility index (Phi) is 5.82. The molecular weight excluding hydrogens is 294 g/mol. The maximum Gasteiger partial charge on any atom is 0.251 e. The van der Waals surface area contributed by atoms with Crippen LogP contribution in [0.4, 0.5) is 0 Å². The first kappa shape index (κ1) is 15.2. The molecule has 0 fully saturated rings. The smallest absolute Gasteiger partial charge is 0.251 e. The average molecular weight is 314 g/mol. The van der Waals surface area contributed by atoms with Gasteiger partial charge in [-0.05, 0) is 36.6 Å². The number of carbonyl (C=O) groups excluding carboxylic acids is 1. The second-order valence-electron chi connectivity index (χ2n) is 4.74. The molecule has 1 amide bonds. The number of aryl methyl sites for hydroxylation is 1. The molecule has 1 atom stereocenters. The Morgan fingerprint density at radius 2 is 2.11 bits per heavy atom. The summed E-state index contributed by atoms with van der Waals surface area (Å²) in [4.78, 5) is 12.1. The first-order valence-electron chi connectivity index (χ1n) is 6.01. The predicted molar refractivity (Wildman–Crippen MR) is 76.8 cm³/mol. The maximum atomic E-state index is 12.1. The van der Waals surface area contributed by atoms with Crippen LogP contribution in [0.3, 0.4) is 0 Å². The van der Waals surface area contributed by atoms with Crippen molar-refractivity contribution in [3.8, 4) is 0 Å². The quantitative estimate of drug-likeness (QED) is 0.906. The van der Waals surface area contributed by atoms with Crippen LogP contribution in [0.1, 0.15) is 29.8 Å². The van der Waals surface area contributed by atoms with Gasteiger partial charge in [-0.2, -0.15) is 0 Å². The van der Waals surface area contributed by atoms with Crippen molar-refractivity contribution in [1.82, 2.24) is 5.32 Å². The van der Waals surface area contributed by atoms with Crippen LogP contribution in [-0.2, 0) is 4.74 Å². The van der Waals surface area contributed by atoms with Crippen molar-refractivity contribution >= 4 is 21.8 Å². The molecule has 1 aromatic rings. The van der Waals surface area contributed by atoms with Crippen molar-refractivity contribution < 1.29 is 9.53 Å². The van der Waals surface area contributed by atoms with Crippen molar-refractivity contribution in [2.24, 2.45) is 5.92 Å². The number of hydrogen-bond acceptors (Lipinski definition) is 2. The predicted octanol–water partition coefficient (Wildman–Crippen LogP) is 3.16. The molecule has 4 heteroatoms. The third kappa shape index (κ3) is 4.10. The Morgan fingerprint density at radius 3 is 2.61 bits per heavy atom. The van der Waals surface area contributed by atoms with Gasteiger partial charge in [-0.15, -0.1) is 0 Å². The van der Waals surface area contributed by atoms with E-state index < -0.39 is 0 Å². The van der Waals surface area contributed by atoms with E-state index in [1.165, 1.54) is 0 Å². The van der Waals surface area contributed by atoms with Gasteiger partial charge in [0.2, 0.25) is 0 Å². The van der Waals surface area contributed by atoms with Gasteiger partial charge in [0.15, 0.2) is 0 Å². The molecule has 0 saturated carbocycles. The number of halogens is 1. The number of methoxy groups -OCH3 is 1. The highest BCUT2D eigenvalue weighted by Crippen LogP contribution is 2.17. The number of benzene rings is 1. The lowest BCUT2D eigenvalue weighted by atomic mass is 10.0. The normalized spacial score (nSPS) is 12.6. The molecule has 0 bridgehead atoms. The lowest BCUT2D eigenvalue weighted by Gasteiger charge is -2.21. The minimum Gasteiger partial charge on any atom is -0.383 e. The molecule has 0 heterocycles. The highest BCUT2D eigenvalue weighted by Gasteiger charge is 2.17. The first-order valence-corrected chi connectivity index (χ1v) is 6.81. The fourth-order valence-corrected chi connectivity index (χ4v) is 1.86. The van der Waals surface area contributed by atoms with Crippen LogP contribution in [0.5, 0.6) is 0 Å². The lowest BCUT2D eigenvalue weighted by molar-refractivity contribution is 0.0866. The van der Waals surface area contributed by atoms with Gasteiger partial charge in [0, 0.05) is 17.1 Å². The number of hydrogen-bond donors (Lipinski definition) is 1. The Bertz CT molecular complexity index is 418. The van der Waals surface area contributed by atoms with Crippen LogP contribution in [0.15, 0.2) is 22.7 Å². The van der Waals surface area contributed by atoms with Crippen LogP contribution < -0.4 is 5.32 Å². The molecule has 0 aliphatic heterocycles. The number of rotatable bonds is 5. The molecule has 0 aliphatic carbocycles. The molecule has 1 aromatic carbocycles. The molecule has 0 saturated heterocycles. The Hall–Kier alpha value is -0.870. The van der Waals surface area contributed by atoms with E-state index in [-0.39, 0.29) is 11.9 Å². The third-order valence-electron chi connectivity index (χ3n) is 2.89. The van der Waals surface area contributed by atoms with Gasteiger partial charge >= 0.3 is 0 Å². The molecule has 0 aliphatic rings. The summed E-state index contributed by atoms with van der Waals surface area (Å²) in [6.45, 7) is 6.63. The summed E-state index contributed by atoms with van der Waals surface area (Å²) in [5.74, 6) is 0.284. The van der Waals surface area contributed by atoms with Gasteiger partial charge in [0.05, 0.1) is 12.6 Å². The summed E-state index contributed by atoms with van der Waals surface area (Å²) in [5, 5.41) is 3.00. The Labute approximate surface area is 117 Å². The second-order valence-corrected chi connectivity index (χ2v) is 5.60. The van der Waals surface area contributed by atoms with Crippen molar-refractivity contribution in [1.29, 1.82) is 0 Å². The Balaban J connectivity index is 2.77. The summed E-state index contributed by atoms with van der Waals surface area (Å²) in [6.07, 6.45) is 0. The number of carbonyl (C=O) groups is 1. The van der Waals surface area contributed by atoms with Gasteiger partial charge in [-0.25, -0.2) is 0 Å². The molecular formula is C14H20BrNO2. The summed E-state index contributed by atoms with van der Waals surface area (Å²) >= 11 is 3.43. The molecule has 1 N–H and O–H groups in total. The molecule has 0 spiro atoms. The molecule has 1 unspecified atom stereocenters. The minimum atomic E-state index is -0.0543. The van der Waals surface area contributed by atoms with Crippen molar-refractivity contribution in [2.75, 3.05) is 13.7 Å². The largest absolute Gasteiger partial charge is 0.383 e. The fourth-order valence-electron chi connectivity index (χ4n) is 1.62.